The van der Waals surface area contributed by atoms with Gasteiger partial charge >= 0.3 is 0 Å². The van der Waals surface area contributed by atoms with E-state index < -0.39 is 10.1 Å². The van der Waals surface area contributed by atoms with Crippen LogP contribution in [0.1, 0.15) is 76.3 Å². The minimum atomic E-state index is -4.23. The second-order valence-corrected chi connectivity index (χ2v) is 8.54. The van der Waals surface area contributed by atoms with Gasteiger partial charge in [-0.3, -0.25) is 4.55 Å². The number of unbranched alkanes of at least 4 members (excludes halogenated alkanes) is 6. The zero-order valence-electron chi connectivity index (χ0n) is 16.1. The SMILES string of the molecule is CCCCCCc1cc(S(=O)(=O)O)c(CCCCCC)c2ccccc12. The van der Waals surface area contributed by atoms with Crippen molar-refractivity contribution < 1.29 is 13.0 Å². The van der Waals surface area contributed by atoms with Crippen LogP contribution >= 0.6 is 0 Å². The largest absolute Gasteiger partial charge is 0.294 e. The first-order chi connectivity index (χ1) is 12.5. The summed E-state index contributed by atoms with van der Waals surface area (Å²) in [6.45, 7) is 4.34. The van der Waals surface area contributed by atoms with Crippen molar-refractivity contribution in [2.75, 3.05) is 0 Å². The second kappa shape index (κ2) is 10.1. The maximum absolute atomic E-state index is 12.1. The molecule has 26 heavy (non-hydrogen) atoms. The molecule has 2 rings (SSSR count). The van der Waals surface area contributed by atoms with Crippen LogP contribution in [0.25, 0.3) is 10.8 Å². The third-order valence-electron chi connectivity index (χ3n) is 5.06. The van der Waals surface area contributed by atoms with E-state index in [1.807, 2.05) is 18.2 Å². The van der Waals surface area contributed by atoms with Gasteiger partial charge in [0.1, 0.15) is 0 Å². The smallest absolute Gasteiger partial charge is 0.282 e. The Balaban J connectivity index is 2.44. The first-order valence-corrected chi connectivity index (χ1v) is 11.4. The summed E-state index contributed by atoms with van der Waals surface area (Å²) in [6, 6.07) is 9.75. The molecule has 2 aromatic rings. The Hall–Kier alpha value is -1.39. The van der Waals surface area contributed by atoms with Crippen molar-refractivity contribution >= 4 is 20.9 Å². The predicted molar refractivity (Wildman–Crippen MR) is 109 cm³/mol. The zero-order valence-corrected chi connectivity index (χ0v) is 16.9. The molecule has 0 aliphatic heterocycles. The summed E-state index contributed by atoms with van der Waals surface area (Å²) >= 11 is 0. The van der Waals surface area contributed by atoms with E-state index in [0.717, 1.165) is 66.8 Å². The first-order valence-electron chi connectivity index (χ1n) is 10.00. The van der Waals surface area contributed by atoms with E-state index in [-0.39, 0.29) is 4.90 Å². The van der Waals surface area contributed by atoms with Gasteiger partial charge in [-0.2, -0.15) is 8.42 Å². The molecule has 0 aliphatic carbocycles. The predicted octanol–water partition coefficient (Wildman–Crippen LogP) is 6.33. The summed E-state index contributed by atoms with van der Waals surface area (Å²) in [5.41, 5.74) is 1.80. The molecular weight excluding hydrogens is 344 g/mol. The van der Waals surface area contributed by atoms with Crippen molar-refractivity contribution in [3.8, 4) is 0 Å². The highest BCUT2D eigenvalue weighted by Crippen LogP contribution is 2.31. The van der Waals surface area contributed by atoms with Crippen molar-refractivity contribution in [2.45, 2.75) is 83.0 Å². The fraction of sp³-hybridized carbons (Fsp3) is 0.545. The van der Waals surface area contributed by atoms with Crippen molar-refractivity contribution in [2.24, 2.45) is 0 Å². The Morgan fingerprint density at radius 2 is 1.38 bits per heavy atom. The average Bonchev–Trinajstić information content (AvgIpc) is 2.62. The molecule has 3 nitrogen and oxygen atoms in total. The third kappa shape index (κ3) is 5.55. The molecule has 0 amide bonds. The Kier molecular flexibility index (Phi) is 8.11. The number of rotatable bonds is 11. The monoisotopic (exact) mass is 376 g/mol. The number of fused-ring (bicyclic) bond motifs is 1. The van der Waals surface area contributed by atoms with Crippen LogP contribution in [-0.4, -0.2) is 13.0 Å². The van der Waals surface area contributed by atoms with Gasteiger partial charge in [-0.1, -0.05) is 76.6 Å². The van der Waals surface area contributed by atoms with Crippen LogP contribution in [0.3, 0.4) is 0 Å². The molecule has 0 aliphatic rings. The molecule has 2 aromatic carbocycles. The average molecular weight is 377 g/mol. The van der Waals surface area contributed by atoms with Gasteiger partial charge in [0.2, 0.25) is 0 Å². The maximum Gasteiger partial charge on any atom is 0.294 e. The molecule has 0 fully saturated rings. The van der Waals surface area contributed by atoms with Gasteiger partial charge in [0.05, 0.1) is 4.90 Å². The molecule has 1 N–H and O–H groups in total. The summed E-state index contributed by atoms with van der Waals surface area (Å²) in [5.74, 6) is 0. The minimum absolute atomic E-state index is 0.109. The van der Waals surface area contributed by atoms with E-state index in [4.69, 9.17) is 0 Å². The highest BCUT2D eigenvalue weighted by molar-refractivity contribution is 7.85. The van der Waals surface area contributed by atoms with Gasteiger partial charge in [-0.15, -0.1) is 0 Å². The van der Waals surface area contributed by atoms with E-state index in [9.17, 15) is 13.0 Å². The van der Waals surface area contributed by atoms with Gasteiger partial charge in [0.25, 0.3) is 10.1 Å². The molecule has 0 bridgehead atoms. The quantitative estimate of drug-likeness (QED) is 0.368. The fourth-order valence-electron chi connectivity index (χ4n) is 3.65. The fourth-order valence-corrected chi connectivity index (χ4v) is 4.46. The van der Waals surface area contributed by atoms with E-state index >= 15 is 0 Å². The van der Waals surface area contributed by atoms with Crippen molar-refractivity contribution in [1.82, 2.24) is 0 Å². The lowest BCUT2D eigenvalue weighted by Crippen LogP contribution is -2.06. The van der Waals surface area contributed by atoms with Gasteiger partial charge in [-0.05, 0) is 53.6 Å². The Morgan fingerprint density at radius 1 is 0.808 bits per heavy atom. The number of hydrogen-bond acceptors (Lipinski definition) is 2. The molecule has 0 spiro atoms. The highest BCUT2D eigenvalue weighted by Gasteiger charge is 2.20. The zero-order chi connectivity index (χ0) is 19.0. The maximum atomic E-state index is 12.1. The molecule has 0 unspecified atom stereocenters. The molecule has 0 aromatic heterocycles. The van der Waals surface area contributed by atoms with Crippen LogP contribution in [0, 0.1) is 0 Å². The Morgan fingerprint density at radius 3 is 1.96 bits per heavy atom. The lowest BCUT2D eigenvalue weighted by atomic mass is 9.93. The summed E-state index contributed by atoms with van der Waals surface area (Å²) in [7, 11) is -4.23. The van der Waals surface area contributed by atoms with Crippen LogP contribution < -0.4 is 0 Å². The molecule has 4 heteroatoms. The lowest BCUT2D eigenvalue weighted by molar-refractivity contribution is 0.481. The van der Waals surface area contributed by atoms with Crippen LogP contribution in [0.2, 0.25) is 0 Å². The summed E-state index contributed by atoms with van der Waals surface area (Å²) in [6.07, 6.45) is 10.4. The van der Waals surface area contributed by atoms with Crippen molar-refractivity contribution in [3.05, 3.63) is 41.5 Å². The Labute approximate surface area is 158 Å². The van der Waals surface area contributed by atoms with Crippen molar-refractivity contribution in [1.29, 1.82) is 0 Å². The number of hydrogen-bond donors (Lipinski definition) is 1. The Bertz CT molecular complexity index is 809. The normalized spacial score (nSPS) is 12.0. The van der Waals surface area contributed by atoms with E-state index in [0.29, 0.717) is 6.42 Å². The summed E-state index contributed by atoms with van der Waals surface area (Å²) < 4.78 is 34.0. The van der Waals surface area contributed by atoms with Crippen LogP contribution in [-0.2, 0) is 23.0 Å². The van der Waals surface area contributed by atoms with Gasteiger partial charge in [0.15, 0.2) is 0 Å². The molecule has 0 heterocycles. The lowest BCUT2D eigenvalue weighted by Gasteiger charge is -2.15. The second-order valence-electron chi connectivity index (χ2n) is 7.15. The molecule has 0 saturated heterocycles. The molecular formula is C22H32O3S. The van der Waals surface area contributed by atoms with Gasteiger partial charge < -0.3 is 0 Å². The summed E-state index contributed by atoms with van der Waals surface area (Å²) in [5, 5.41) is 2.10. The topological polar surface area (TPSA) is 54.4 Å². The van der Waals surface area contributed by atoms with Crippen LogP contribution in [0.4, 0.5) is 0 Å². The van der Waals surface area contributed by atoms with E-state index in [2.05, 4.69) is 19.9 Å². The van der Waals surface area contributed by atoms with Crippen LogP contribution in [0.5, 0.6) is 0 Å². The van der Waals surface area contributed by atoms with Crippen LogP contribution in [0.15, 0.2) is 35.2 Å². The summed E-state index contributed by atoms with van der Waals surface area (Å²) in [4.78, 5) is 0.109. The molecule has 0 radical (unpaired) electrons. The minimum Gasteiger partial charge on any atom is -0.282 e. The van der Waals surface area contributed by atoms with Crippen molar-refractivity contribution in [3.63, 3.8) is 0 Å². The molecule has 144 valence electrons. The first kappa shape index (κ1) is 20.9. The van der Waals surface area contributed by atoms with Gasteiger partial charge in [-0.25, -0.2) is 0 Å². The standard InChI is InChI=1S/C22H32O3S/c1-3-5-7-9-13-18-17-22(26(23,24)25)21(16-10-8-6-4-2)20-15-12-11-14-19(18)20/h11-12,14-15,17H,3-10,13,16H2,1-2H3,(H,23,24,25). The number of benzene rings is 2. The van der Waals surface area contributed by atoms with Gasteiger partial charge in [0, 0.05) is 0 Å². The molecule has 0 saturated carbocycles. The van der Waals surface area contributed by atoms with E-state index in [1.54, 1.807) is 6.07 Å². The molecule has 0 atom stereocenters. The number of aryl methyl sites for hydroxylation is 2. The van der Waals surface area contributed by atoms with E-state index in [1.165, 1.54) is 12.8 Å². The highest BCUT2D eigenvalue weighted by atomic mass is 32.2. The third-order valence-corrected chi connectivity index (χ3v) is 5.98.